The summed E-state index contributed by atoms with van der Waals surface area (Å²) in [5, 5.41) is 0. The van der Waals surface area contributed by atoms with Crippen molar-refractivity contribution in [2.45, 2.75) is 13.8 Å². The molecule has 1 aromatic rings. The van der Waals surface area contributed by atoms with E-state index < -0.39 is 5.82 Å². The van der Waals surface area contributed by atoms with Crippen LogP contribution in [0.2, 0.25) is 0 Å². The molecule has 0 aliphatic carbocycles. The van der Waals surface area contributed by atoms with E-state index >= 15 is 0 Å². The van der Waals surface area contributed by atoms with Gasteiger partial charge in [-0.1, -0.05) is 6.07 Å². The molecular weight excluding hydrogens is 270 g/mol. The van der Waals surface area contributed by atoms with Gasteiger partial charge in [-0.3, -0.25) is 4.79 Å². The van der Waals surface area contributed by atoms with E-state index in [0.717, 1.165) is 5.56 Å². The van der Waals surface area contributed by atoms with Crippen molar-refractivity contribution < 1.29 is 9.18 Å². The molecule has 0 aliphatic rings. The van der Waals surface area contributed by atoms with Gasteiger partial charge in [-0.2, -0.15) is 0 Å². The van der Waals surface area contributed by atoms with E-state index in [1.165, 1.54) is 0 Å². The van der Waals surface area contributed by atoms with Crippen LogP contribution in [0.1, 0.15) is 21.5 Å². The second-order valence-electron chi connectivity index (χ2n) is 3.07. The van der Waals surface area contributed by atoms with Gasteiger partial charge in [0, 0.05) is 0 Å². The van der Waals surface area contributed by atoms with Gasteiger partial charge in [0.15, 0.2) is 5.78 Å². The Morgan fingerprint density at radius 3 is 2.57 bits per heavy atom. The van der Waals surface area contributed by atoms with Gasteiger partial charge in [-0.25, -0.2) is 4.39 Å². The Balaban J connectivity index is 3.44. The van der Waals surface area contributed by atoms with Crippen molar-refractivity contribution in [3.8, 4) is 0 Å². The number of aryl methyl sites for hydroxylation is 2. The number of hydrogen-bond acceptors (Lipinski definition) is 1. The van der Waals surface area contributed by atoms with Gasteiger partial charge >= 0.3 is 0 Å². The van der Waals surface area contributed by atoms with E-state index in [9.17, 15) is 9.18 Å². The topological polar surface area (TPSA) is 17.1 Å². The Morgan fingerprint density at radius 2 is 2.07 bits per heavy atom. The van der Waals surface area contributed by atoms with E-state index in [0.29, 0.717) is 10.0 Å². The van der Waals surface area contributed by atoms with E-state index in [4.69, 9.17) is 11.6 Å². The van der Waals surface area contributed by atoms with Gasteiger partial charge in [-0.05, 0) is 40.9 Å². The summed E-state index contributed by atoms with van der Waals surface area (Å²) in [4.78, 5) is 11.3. The standard InChI is InChI=1S/C10H9BrClFO/c1-5-3-6(2)9(11)10(13)8(5)7(14)4-12/h3H,4H2,1-2H3. The first-order chi connectivity index (χ1) is 6.49. The summed E-state index contributed by atoms with van der Waals surface area (Å²) in [7, 11) is 0. The predicted octanol–water partition coefficient (Wildman–Crippen LogP) is 3.63. The molecular formula is C10H9BrClFO. The number of hydrogen-bond donors (Lipinski definition) is 0. The van der Waals surface area contributed by atoms with E-state index in [1.807, 2.05) is 0 Å². The molecule has 0 amide bonds. The Hall–Kier alpha value is -0.410. The lowest BCUT2D eigenvalue weighted by Crippen LogP contribution is -2.08. The summed E-state index contributed by atoms with van der Waals surface area (Å²) in [6.07, 6.45) is 0. The second kappa shape index (κ2) is 4.41. The number of carbonyl (C=O) groups excluding carboxylic acids is 1. The van der Waals surface area contributed by atoms with Gasteiger partial charge in [0.1, 0.15) is 5.82 Å². The van der Waals surface area contributed by atoms with Crippen molar-refractivity contribution in [1.29, 1.82) is 0 Å². The minimum atomic E-state index is -0.520. The van der Waals surface area contributed by atoms with Gasteiger partial charge in [0.25, 0.3) is 0 Å². The Morgan fingerprint density at radius 1 is 1.50 bits per heavy atom. The van der Waals surface area contributed by atoms with Crippen LogP contribution in [-0.2, 0) is 0 Å². The summed E-state index contributed by atoms with van der Waals surface area (Å²) in [5.41, 5.74) is 1.47. The molecule has 1 aromatic carbocycles. The number of carbonyl (C=O) groups is 1. The van der Waals surface area contributed by atoms with Crippen LogP contribution >= 0.6 is 27.5 Å². The first-order valence-electron chi connectivity index (χ1n) is 4.03. The number of alkyl halides is 1. The van der Waals surface area contributed by atoms with Crippen molar-refractivity contribution in [2.75, 3.05) is 5.88 Å². The Labute approximate surface area is 95.4 Å². The van der Waals surface area contributed by atoms with Crippen molar-refractivity contribution in [3.05, 3.63) is 33.0 Å². The maximum absolute atomic E-state index is 13.6. The second-order valence-corrected chi connectivity index (χ2v) is 4.13. The molecule has 0 saturated heterocycles. The van der Waals surface area contributed by atoms with E-state index in [1.54, 1.807) is 19.9 Å². The molecule has 76 valence electrons. The average Bonchev–Trinajstić information content (AvgIpc) is 2.14. The highest BCUT2D eigenvalue weighted by Crippen LogP contribution is 2.26. The lowest BCUT2D eigenvalue weighted by molar-refractivity contribution is 0.101. The molecule has 0 unspecified atom stereocenters. The lowest BCUT2D eigenvalue weighted by Gasteiger charge is -2.08. The molecule has 4 heteroatoms. The predicted molar refractivity (Wildman–Crippen MR) is 58.6 cm³/mol. The molecule has 14 heavy (non-hydrogen) atoms. The zero-order chi connectivity index (χ0) is 10.9. The van der Waals surface area contributed by atoms with Crippen molar-refractivity contribution in [3.63, 3.8) is 0 Å². The smallest absolute Gasteiger partial charge is 0.180 e. The third-order valence-electron chi connectivity index (χ3n) is 1.99. The van der Waals surface area contributed by atoms with Crippen LogP contribution in [0.15, 0.2) is 10.5 Å². The number of benzene rings is 1. The fraction of sp³-hybridized carbons (Fsp3) is 0.300. The van der Waals surface area contributed by atoms with Gasteiger partial charge < -0.3 is 0 Å². The van der Waals surface area contributed by atoms with Crippen LogP contribution in [0.25, 0.3) is 0 Å². The van der Waals surface area contributed by atoms with Gasteiger partial charge in [-0.15, -0.1) is 11.6 Å². The highest BCUT2D eigenvalue weighted by atomic mass is 79.9. The first-order valence-corrected chi connectivity index (χ1v) is 5.36. The molecule has 0 bridgehead atoms. The SMILES string of the molecule is Cc1cc(C)c(C(=O)CCl)c(F)c1Br. The molecule has 0 atom stereocenters. The summed E-state index contributed by atoms with van der Waals surface area (Å²) in [6, 6.07) is 1.76. The third-order valence-corrected chi connectivity index (χ3v) is 3.20. The maximum Gasteiger partial charge on any atom is 0.180 e. The van der Waals surface area contributed by atoms with Crippen LogP contribution < -0.4 is 0 Å². The van der Waals surface area contributed by atoms with Crippen molar-refractivity contribution in [1.82, 2.24) is 0 Å². The van der Waals surface area contributed by atoms with E-state index in [2.05, 4.69) is 15.9 Å². The van der Waals surface area contributed by atoms with Crippen LogP contribution in [0.3, 0.4) is 0 Å². The monoisotopic (exact) mass is 278 g/mol. The van der Waals surface area contributed by atoms with Crippen LogP contribution in [0.5, 0.6) is 0 Å². The third kappa shape index (κ3) is 1.98. The zero-order valence-electron chi connectivity index (χ0n) is 7.83. The number of ketones is 1. The summed E-state index contributed by atoms with van der Waals surface area (Å²) < 4.78 is 14.0. The van der Waals surface area contributed by atoms with Gasteiger partial charge in [0.05, 0.1) is 15.9 Å². The molecule has 0 aromatic heterocycles. The number of Topliss-reactive ketones (excluding diaryl/α,β-unsaturated/α-hetero) is 1. The fourth-order valence-electron chi connectivity index (χ4n) is 1.33. The first kappa shape index (κ1) is 11.7. The van der Waals surface area contributed by atoms with Crippen molar-refractivity contribution in [2.24, 2.45) is 0 Å². The Bertz CT molecular complexity index is 390. The molecule has 1 nitrogen and oxygen atoms in total. The zero-order valence-corrected chi connectivity index (χ0v) is 10.2. The molecule has 0 aliphatic heterocycles. The van der Waals surface area contributed by atoms with E-state index in [-0.39, 0.29) is 17.2 Å². The van der Waals surface area contributed by atoms with Gasteiger partial charge in [0.2, 0.25) is 0 Å². The summed E-state index contributed by atoms with van der Waals surface area (Å²) in [5.74, 6) is -1.11. The fourth-order valence-corrected chi connectivity index (χ4v) is 1.77. The highest BCUT2D eigenvalue weighted by Gasteiger charge is 2.17. The molecule has 0 spiro atoms. The maximum atomic E-state index is 13.6. The summed E-state index contributed by atoms with van der Waals surface area (Å²) >= 11 is 8.48. The molecule has 0 heterocycles. The summed E-state index contributed by atoms with van der Waals surface area (Å²) in [6.45, 7) is 3.47. The molecule has 0 N–H and O–H groups in total. The van der Waals surface area contributed by atoms with Crippen LogP contribution in [-0.4, -0.2) is 11.7 Å². The molecule has 1 rings (SSSR count). The quantitative estimate of drug-likeness (QED) is 0.597. The minimum absolute atomic E-state index is 0.0810. The highest BCUT2D eigenvalue weighted by molar-refractivity contribution is 9.10. The van der Waals surface area contributed by atoms with Crippen LogP contribution in [0.4, 0.5) is 4.39 Å². The Kier molecular flexibility index (Phi) is 3.67. The van der Waals surface area contributed by atoms with Crippen molar-refractivity contribution >= 4 is 33.3 Å². The molecule has 0 fully saturated rings. The number of rotatable bonds is 2. The average molecular weight is 280 g/mol. The lowest BCUT2D eigenvalue weighted by atomic mass is 10.0. The molecule has 0 saturated carbocycles. The van der Waals surface area contributed by atoms with Crippen LogP contribution in [0, 0.1) is 19.7 Å². The normalized spacial score (nSPS) is 10.4. The molecule has 0 radical (unpaired) electrons. The largest absolute Gasteiger partial charge is 0.293 e. The number of halogens is 3. The minimum Gasteiger partial charge on any atom is -0.293 e.